The Morgan fingerprint density at radius 2 is 1.61 bits per heavy atom. The number of alkyl halides is 3. The van der Waals surface area contributed by atoms with Gasteiger partial charge in [-0.25, -0.2) is 4.98 Å². The van der Waals surface area contributed by atoms with Gasteiger partial charge in [-0.1, -0.05) is 17.7 Å². The first kappa shape index (κ1) is 22.9. The lowest BCUT2D eigenvalue weighted by Gasteiger charge is -2.35. The molecule has 166 valence electrons. The molecular formula is C21H21ClF3N3O3. The maximum absolute atomic E-state index is 12.9. The van der Waals surface area contributed by atoms with Gasteiger partial charge in [0.2, 0.25) is 5.88 Å². The van der Waals surface area contributed by atoms with Crippen molar-refractivity contribution in [1.82, 2.24) is 14.8 Å². The lowest BCUT2D eigenvalue weighted by Crippen LogP contribution is -2.50. The number of nitrogens with zero attached hydrogens (tertiary/aromatic N) is 3. The Labute approximate surface area is 182 Å². The van der Waals surface area contributed by atoms with E-state index < -0.39 is 17.6 Å². The van der Waals surface area contributed by atoms with Crippen LogP contribution in [0.25, 0.3) is 0 Å². The zero-order valence-corrected chi connectivity index (χ0v) is 17.7. The molecule has 3 rings (SSSR count). The Bertz CT molecular complexity index is 974. The van der Waals surface area contributed by atoms with E-state index in [-0.39, 0.29) is 54.7 Å². The average Bonchev–Trinajstić information content (AvgIpc) is 2.73. The molecular weight excluding hydrogens is 435 g/mol. The molecule has 1 fully saturated rings. The fraction of sp³-hybridized carbons (Fsp3) is 0.381. The summed E-state index contributed by atoms with van der Waals surface area (Å²) in [5.74, 6) is -0.556. The van der Waals surface area contributed by atoms with Crippen molar-refractivity contribution in [2.24, 2.45) is 0 Å². The Morgan fingerprint density at radius 3 is 2.13 bits per heavy atom. The van der Waals surface area contributed by atoms with E-state index in [9.17, 15) is 22.8 Å². The van der Waals surface area contributed by atoms with Crippen LogP contribution in [0.4, 0.5) is 13.2 Å². The number of rotatable bonds is 4. The van der Waals surface area contributed by atoms with Crippen molar-refractivity contribution in [2.45, 2.75) is 26.1 Å². The molecule has 1 aromatic heterocycles. The first-order chi connectivity index (χ1) is 14.6. The highest BCUT2D eigenvalue weighted by atomic mass is 35.5. The van der Waals surface area contributed by atoms with Crippen LogP contribution in [0, 0.1) is 0 Å². The van der Waals surface area contributed by atoms with Crippen LogP contribution < -0.4 is 4.74 Å². The Balaban J connectivity index is 1.63. The fourth-order valence-corrected chi connectivity index (χ4v) is 3.37. The quantitative estimate of drug-likeness (QED) is 0.695. The van der Waals surface area contributed by atoms with E-state index in [1.807, 2.05) is 13.8 Å². The molecule has 0 atom stereocenters. The predicted octanol–water partition coefficient (Wildman–Crippen LogP) is 4.14. The van der Waals surface area contributed by atoms with Crippen LogP contribution in [0.1, 0.15) is 40.1 Å². The maximum Gasteiger partial charge on any atom is 0.416 e. The van der Waals surface area contributed by atoms with Gasteiger partial charge in [0.15, 0.2) is 0 Å². The summed E-state index contributed by atoms with van der Waals surface area (Å²) in [6, 6.07) is 5.80. The SMILES string of the molecule is CC(C)Oc1ncc(C(=O)N2CCN(C(=O)c3cccc(C(F)(F)F)c3)CC2)cc1Cl. The van der Waals surface area contributed by atoms with E-state index in [1.165, 1.54) is 29.3 Å². The van der Waals surface area contributed by atoms with Crippen LogP contribution in [-0.4, -0.2) is 58.9 Å². The second-order valence-electron chi connectivity index (χ2n) is 7.34. The zero-order chi connectivity index (χ0) is 22.8. The summed E-state index contributed by atoms with van der Waals surface area (Å²) in [5, 5.41) is 0.220. The van der Waals surface area contributed by atoms with Gasteiger partial charge in [0.05, 0.1) is 17.2 Å². The minimum atomic E-state index is -4.52. The molecule has 10 heteroatoms. The van der Waals surface area contributed by atoms with Gasteiger partial charge in [0, 0.05) is 37.9 Å². The third kappa shape index (κ3) is 5.46. The van der Waals surface area contributed by atoms with Gasteiger partial charge in [-0.3, -0.25) is 9.59 Å². The van der Waals surface area contributed by atoms with E-state index in [0.29, 0.717) is 5.56 Å². The van der Waals surface area contributed by atoms with Gasteiger partial charge in [0.25, 0.3) is 11.8 Å². The fourth-order valence-electron chi connectivity index (χ4n) is 3.16. The minimum absolute atomic E-state index is 0.0358. The molecule has 31 heavy (non-hydrogen) atoms. The largest absolute Gasteiger partial charge is 0.474 e. The number of ether oxygens (including phenoxy) is 1. The molecule has 0 unspecified atom stereocenters. The van der Waals surface area contributed by atoms with Crippen LogP contribution in [-0.2, 0) is 6.18 Å². The number of pyridine rings is 1. The highest BCUT2D eigenvalue weighted by molar-refractivity contribution is 6.32. The van der Waals surface area contributed by atoms with Gasteiger partial charge in [-0.2, -0.15) is 13.2 Å². The molecule has 0 radical (unpaired) electrons. The Morgan fingerprint density at radius 1 is 1.03 bits per heavy atom. The molecule has 2 amide bonds. The number of hydrogen-bond acceptors (Lipinski definition) is 4. The molecule has 0 aliphatic carbocycles. The van der Waals surface area contributed by atoms with Crippen LogP contribution in [0.2, 0.25) is 5.02 Å². The summed E-state index contributed by atoms with van der Waals surface area (Å²) in [7, 11) is 0. The van der Waals surface area contributed by atoms with Gasteiger partial charge in [-0.15, -0.1) is 0 Å². The molecule has 0 N–H and O–H groups in total. The summed E-state index contributed by atoms with van der Waals surface area (Å²) in [6.45, 7) is 4.55. The van der Waals surface area contributed by atoms with Crippen molar-refractivity contribution in [3.63, 3.8) is 0 Å². The number of carbonyl (C=O) groups is 2. The molecule has 1 aromatic carbocycles. The number of carbonyl (C=O) groups excluding carboxylic acids is 2. The van der Waals surface area contributed by atoms with Crippen molar-refractivity contribution in [3.05, 3.63) is 58.2 Å². The topological polar surface area (TPSA) is 62.7 Å². The summed E-state index contributed by atoms with van der Waals surface area (Å²) in [6.07, 6.45) is -3.26. The maximum atomic E-state index is 12.9. The Kier molecular flexibility index (Phi) is 6.74. The number of aromatic nitrogens is 1. The third-order valence-corrected chi connectivity index (χ3v) is 4.96. The average molecular weight is 456 g/mol. The zero-order valence-electron chi connectivity index (χ0n) is 16.9. The van der Waals surface area contributed by atoms with Crippen molar-refractivity contribution in [2.75, 3.05) is 26.2 Å². The smallest absolute Gasteiger partial charge is 0.416 e. The molecule has 0 bridgehead atoms. The monoisotopic (exact) mass is 455 g/mol. The van der Waals surface area contributed by atoms with Gasteiger partial charge >= 0.3 is 6.18 Å². The van der Waals surface area contributed by atoms with Crippen molar-refractivity contribution in [3.8, 4) is 5.88 Å². The first-order valence-electron chi connectivity index (χ1n) is 9.64. The molecule has 2 aromatic rings. The molecule has 6 nitrogen and oxygen atoms in total. The number of hydrogen-bond donors (Lipinski definition) is 0. The van der Waals surface area contributed by atoms with Crippen LogP contribution in [0.5, 0.6) is 5.88 Å². The first-order valence-corrected chi connectivity index (χ1v) is 10.0. The highest BCUT2D eigenvalue weighted by Gasteiger charge is 2.32. The molecule has 0 spiro atoms. The van der Waals surface area contributed by atoms with Crippen LogP contribution >= 0.6 is 11.6 Å². The lowest BCUT2D eigenvalue weighted by molar-refractivity contribution is -0.137. The minimum Gasteiger partial charge on any atom is -0.474 e. The van der Waals surface area contributed by atoms with Crippen molar-refractivity contribution < 1.29 is 27.5 Å². The second-order valence-corrected chi connectivity index (χ2v) is 7.75. The van der Waals surface area contributed by atoms with Crippen molar-refractivity contribution in [1.29, 1.82) is 0 Å². The van der Waals surface area contributed by atoms with Gasteiger partial charge in [0.1, 0.15) is 5.02 Å². The van der Waals surface area contributed by atoms with Gasteiger partial charge in [-0.05, 0) is 38.1 Å². The van der Waals surface area contributed by atoms with Crippen LogP contribution in [0.15, 0.2) is 36.5 Å². The van der Waals surface area contributed by atoms with E-state index in [2.05, 4.69) is 4.98 Å². The standard InChI is InChI=1S/C21H21ClF3N3O3/c1-13(2)31-18-17(22)11-15(12-26-18)20(30)28-8-6-27(7-9-28)19(29)14-4-3-5-16(10-14)21(23,24)25/h3-5,10-13H,6-9H2,1-2H3. The van der Waals surface area contributed by atoms with E-state index >= 15 is 0 Å². The second kappa shape index (κ2) is 9.13. The van der Waals surface area contributed by atoms with E-state index in [1.54, 1.807) is 4.90 Å². The molecule has 1 aliphatic heterocycles. The van der Waals surface area contributed by atoms with Crippen molar-refractivity contribution >= 4 is 23.4 Å². The summed E-state index contributed by atoms with van der Waals surface area (Å²) >= 11 is 6.14. The molecule has 2 heterocycles. The molecule has 0 saturated carbocycles. The summed E-state index contributed by atoms with van der Waals surface area (Å²) in [4.78, 5) is 32.4. The highest BCUT2D eigenvalue weighted by Crippen LogP contribution is 2.30. The number of amides is 2. The summed E-state index contributed by atoms with van der Waals surface area (Å²) < 4.78 is 44.2. The van der Waals surface area contributed by atoms with E-state index in [0.717, 1.165) is 12.1 Å². The third-order valence-electron chi connectivity index (χ3n) is 4.69. The molecule has 1 saturated heterocycles. The van der Waals surface area contributed by atoms with Gasteiger partial charge < -0.3 is 14.5 Å². The number of piperazine rings is 1. The number of halogens is 4. The lowest BCUT2D eigenvalue weighted by atomic mass is 10.1. The predicted molar refractivity (Wildman–Crippen MR) is 108 cm³/mol. The Hall–Kier alpha value is -2.81. The molecule has 1 aliphatic rings. The number of benzene rings is 1. The van der Waals surface area contributed by atoms with E-state index in [4.69, 9.17) is 16.3 Å². The summed E-state index contributed by atoms with van der Waals surface area (Å²) in [5.41, 5.74) is -0.619. The normalized spacial score (nSPS) is 14.7. The van der Waals surface area contributed by atoms with Crippen LogP contribution in [0.3, 0.4) is 0 Å².